The summed E-state index contributed by atoms with van der Waals surface area (Å²) in [5.41, 5.74) is 11.2. The molecule has 0 heterocycles. The Morgan fingerprint density at radius 2 is 0.841 bits per heavy atom. The van der Waals surface area contributed by atoms with Gasteiger partial charge in [0.2, 0.25) is 0 Å². The lowest BCUT2D eigenvalue weighted by molar-refractivity contribution is 0.350. The van der Waals surface area contributed by atoms with E-state index in [1.807, 2.05) is 103 Å². The number of rotatable bonds is 6. The molecule has 0 saturated carbocycles. The van der Waals surface area contributed by atoms with Gasteiger partial charge in [0, 0.05) is 16.7 Å². The molecule has 8 aromatic rings. The predicted molar refractivity (Wildman–Crippen MR) is 255 cm³/mol. The Kier molecular flexibility index (Phi) is 10.4. The van der Waals surface area contributed by atoms with E-state index in [9.17, 15) is 5.11 Å². The Morgan fingerprint density at radius 1 is 0.429 bits per heavy atom. The zero-order valence-corrected chi connectivity index (χ0v) is 34.8. The Hall–Kier alpha value is -8.08. The van der Waals surface area contributed by atoms with Crippen LogP contribution < -0.4 is 4.74 Å². The number of aliphatic hydroxyl groups is 1. The third-order valence-corrected chi connectivity index (χ3v) is 12.2. The largest absolute Gasteiger partial charge is 0.496 e. The third-order valence-electron chi connectivity index (χ3n) is 12.2. The average Bonchev–Trinajstić information content (AvgIpc) is 3.55. The second kappa shape index (κ2) is 16.8. The molecule has 3 heteroatoms. The fourth-order valence-corrected chi connectivity index (χ4v) is 9.21. The van der Waals surface area contributed by atoms with Gasteiger partial charge in [-0.3, -0.25) is 0 Å². The van der Waals surface area contributed by atoms with Crippen molar-refractivity contribution in [1.29, 1.82) is 0 Å². The molecule has 0 aliphatic heterocycles. The topological polar surface area (TPSA) is 38.7 Å². The van der Waals surface area contributed by atoms with Crippen molar-refractivity contribution in [1.82, 2.24) is 0 Å². The fourth-order valence-electron chi connectivity index (χ4n) is 9.21. The van der Waals surface area contributed by atoms with Gasteiger partial charge in [-0.2, -0.15) is 0 Å². The molecule has 0 amide bonds. The van der Waals surface area contributed by atoms with Crippen molar-refractivity contribution in [2.24, 2.45) is 0 Å². The van der Waals surface area contributed by atoms with Gasteiger partial charge in [0.05, 0.1) is 13.7 Å². The second-order valence-electron chi connectivity index (χ2n) is 15.7. The summed E-state index contributed by atoms with van der Waals surface area (Å²) in [5, 5.41) is 10.7. The van der Waals surface area contributed by atoms with Crippen LogP contribution in [0, 0.1) is 23.7 Å². The monoisotopic (exact) mass is 810 g/mol. The van der Waals surface area contributed by atoms with Gasteiger partial charge >= 0.3 is 0 Å². The number of fused-ring (bicyclic) bond motifs is 4. The molecule has 1 N–H and O–H groups in total. The highest BCUT2D eigenvalue weighted by Crippen LogP contribution is 2.49. The van der Waals surface area contributed by atoms with E-state index in [0.29, 0.717) is 11.5 Å². The summed E-state index contributed by atoms with van der Waals surface area (Å²) in [5.74, 6) is 16.9. The zero-order chi connectivity index (χ0) is 42.6. The molecule has 300 valence electrons. The lowest BCUT2D eigenvalue weighted by atomic mass is 9.68. The summed E-state index contributed by atoms with van der Waals surface area (Å²) < 4.78 is 12.7. The number of ether oxygens (including phenoxy) is 2. The normalized spacial score (nSPS) is 16.9. The molecule has 0 fully saturated rings. The summed E-state index contributed by atoms with van der Waals surface area (Å²) in [6.45, 7) is -0.0933. The van der Waals surface area contributed by atoms with Crippen LogP contribution in [-0.4, -0.2) is 18.8 Å². The summed E-state index contributed by atoms with van der Waals surface area (Å²) >= 11 is 0. The van der Waals surface area contributed by atoms with Gasteiger partial charge in [-0.05, 0) is 116 Å². The van der Waals surface area contributed by atoms with Gasteiger partial charge in [-0.1, -0.05) is 181 Å². The molecule has 2 aliphatic rings. The van der Waals surface area contributed by atoms with Crippen LogP contribution in [0.4, 0.5) is 0 Å². The van der Waals surface area contributed by atoms with Crippen molar-refractivity contribution in [3.8, 4) is 35.2 Å². The standard InChI is InChI=1S/C60H42O3/c1-62-58-41-46-21-9-13-25-55(46)60(57-27-15-11-23-53(57)58,39-37-44-18-6-3-7-19-44)49-30-34-51(35-31-49)63-50-32-28-48(29-33-50)59(38-36-43-16-4-2-5-17-43)54-24-12-8-20-45(54)40-47(42-61)52-22-10-14-26-56(52)59/h2-35,40-41,61H,42H2,1H3. The van der Waals surface area contributed by atoms with Crippen LogP contribution >= 0.6 is 0 Å². The van der Waals surface area contributed by atoms with E-state index >= 15 is 0 Å². The van der Waals surface area contributed by atoms with E-state index in [4.69, 9.17) is 9.47 Å². The van der Waals surface area contributed by atoms with Crippen LogP contribution in [0.5, 0.6) is 11.5 Å². The minimum atomic E-state index is -0.867. The van der Waals surface area contributed by atoms with Crippen LogP contribution in [0.1, 0.15) is 66.8 Å². The molecule has 2 aliphatic carbocycles. The van der Waals surface area contributed by atoms with Crippen molar-refractivity contribution in [2.75, 3.05) is 13.7 Å². The molecule has 2 unspecified atom stereocenters. The summed E-state index contributed by atoms with van der Waals surface area (Å²) in [6, 6.07) is 70.4. The first-order valence-corrected chi connectivity index (χ1v) is 21.1. The highest BCUT2D eigenvalue weighted by molar-refractivity contribution is 5.90. The van der Waals surface area contributed by atoms with Gasteiger partial charge in [-0.25, -0.2) is 0 Å². The van der Waals surface area contributed by atoms with Crippen molar-refractivity contribution in [3.05, 3.63) is 273 Å². The first-order chi connectivity index (χ1) is 31.1. The van der Waals surface area contributed by atoms with Crippen LogP contribution in [-0.2, 0) is 15.6 Å². The first kappa shape index (κ1) is 39.1. The van der Waals surface area contributed by atoms with Crippen LogP contribution in [0.25, 0.3) is 23.5 Å². The van der Waals surface area contributed by atoms with Gasteiger partial charge in [-0.15, -0.1) is 0 Å². The molecule has 0 aromatic heterocycles. The number of aliphatic hydroxyl groups excluding tert-OH is 1. The molecule has 0 radical (unpaired) electrons. The van der Waals surface area contributed by atoms with Crippen molar-refractivity contribution in [3.63, 3.8) is 0 Å². The van der Waals surface area contributed by atoms with E-state index in [1.165, 1.54) is 0 Å². The van der Waals surface area contributed by atoms with Gasteiger partial charge < -0.3 is 14.6 Å². The molecule has 63 heavy (non-hydrogen) atoms. The molecular formula is C60H42O3. The zero-order valence-electron chi connectivity index (χ0n) is 34.8. The minimum Gasteiger partial charge on any atom is -0.496 e. The van der Waals surface area contributed by atoms with E-state index < -0.39 is 10.8 Å². The number of hydrogen-bond donors (Lipinski definition) is 1. The van der Waals surface area contributed by atoms with Gasteiger partial charge in [0.15, 0.2) is 0 Å². The highest BCUT2D eigenvalue weighted by Gasteiger charge is 2.42. The number of benzene rings is 8. The number of methoxy groups -OCH3 is 1. The van der Waals surface area contributed by atoms with Crippen molar-refractivity contribution < 1.29 is 14.6 Å². The van der Waals surface area contributed by atoms with Crippen molar-refractivity contribution >= 4 is 23.5 Å². The number of hydrogen-bond acceptors (Lipinski definition) is 3. The quantitative estimate of drug-likeness (QED) is 0.170. The molecule has 0 saturated heterocycles. The van der Waals surface area contributed by atoms with Crippen LogP contribution in [0.3, 0.4) is 0 Å². The van der Waals surface area contributed by atoms with E-state index in [0.717, 1.165) is 78.1 Å². The lowest BCUT2D eigenvalue weighted by Crippen LogP contribution is -2.29. The maximum Gasteiger partial charge on any atom is 0.127 e. The Bertz CT molecular complexity index is 2940. The van der Waals surface area contributed by atoms with Gasteiger partial charge in [0.1, 0.15) is 28.1 Å². The molecule has 3 nitrogen and oxygen atoms in total. The molecule has 10 rings (SSSR count). The maximum atomic E-state index is 10.7. The molecule has 2 atom stereocenters. The summed E-state index contributed by atoms with van der Waals surface area (Å²) in [6.07, 6.45) is 4.21. The Morgan fingerprint density at radius 3 is 1.33 bits per heavy atom. The lowest BCUT2D eigenvalue weighted by Gasteiger charge is -2.33. The van der Waals surface area contributed by atoms with Crippen LogP contribution in [0.15, 0.2) is 206 Å². The minimum absolute atomic E-state index is 0.0933. The third kappa shape index (κ3) is 7.02. The van der Waals surface area contributed by atoms with E-state index in [2.05, 4.69) is 139 Å². The smallest absolute Gasteiger partial charge is 0.127 e. The van der Waals surface area contributed by atoms with E-state index in [1.54, 1.807) is 7.11 Å². The fraction of sp³-hybridized carbons (Fsp3) is 0.0667. The summed E-state index contributed by atoms with van der Waals surface area (Å²) in [4.78, 5) is 0. The molecule has 0 bridgehead atoms. The average molecular weight is 811 g/mol. The second-order valence-corrected chi connectivity index (χ2v) is 15.7. The maximum absolute atomic E-state index is 10.7. The molecule has 8 aromatic carbocycles. The van der Waals surface area contributed by atoms with Crippen LogP contribution in [0.2, 0.25) is 0 Å². The summed E-state index contributed by atoms with van der Waals surface area (Å²) in [7, 11) is 1.73. The van der Waals surface area contributed by atoms with Gasteiger partial charge in [0.25, 0.3) is 0 Å². The first-order valence-electron chi connectivity index (χ1n) is 21.1. The Balaban J connectivity index is 1.07. The van der Waals surface area contributed by atoms with Crippen molar-refractivity contribution in [2.45, 2.75) is 10.8 Å². The highest BCUT2D eigenvalue weighted by atomic mass is 16.5. The predicted octanol–water partition coefficient (Wildman–Crippen LogP) is 12.6. The Labute approximate surface area is 369 Å². The van der Waals surface area contributed by atoms with E-state index in [-0.39, 0.29) is 6.61 Å². The molecule has 0 spiro atoms. The molecular weight excluding hydrogens is 769 g/mol. The SMILES string of the molecule is COC1=Cc2ccccc2C(C#Cc2ccccc2)(c2ccc(Oc3ccc(C4(C#Cc5ccccc5)c5ccccc5C=C(CO)c5ccccc54)cc3)cc2)c2ccccc21.